The molecule has 3 heteroatoms. The number of benzene rings is 2. The van der Waals surface area contributed by atoms with Crippen LogP contribution < -0.4 is 0 Å². The first-order valence-corrected chi connectivity index (χ1v) is 10.5. The van der Waals surface area contributed by atoms with Gasteiger partial charge in [-0.3, -0.25) is 0 Å². The number of unbranched alkanes of at least 4 members (excludes halogenated alkanes) is 3. The van der Waals surface area contributed by atoms with Crippen LogP contribution in [0.3, 0.4) is 0 Å². The number of aldehydes is 1. The Balaban J connectivity index is 0.000000308. The number of hydrogen-bond acceptors (Lipinski definition) is 3. The lowest BCUT2D eigenvalue weighted by atomic mass is 10.0. The Kier molecular flexibility index (Phi) is 13.7. The lowest BCUT2D eigenvalue weighted by Gasteiger charge is -2.05. The standard InChI is InChI=1S/C15H20O2.C11H14O/c1-3-14(15(16)17-2)12-8-7-11-13-9-5-4-6-10-13;12-10-6-2-5-9-11-7-3-1-4-8-11/h3-6,9-10H,7-8,11-12H2,1-2H3;1,3-4,7-8,10H,2,5-6,9H2/b14-3+;. The highest BCUT2D eigenvalue weighted by atomic mass is 16.5. The topological polar surface area (TPSA) is 43.4 Å². The van der Waals surface area contributed by atoms with Crippen LogP contribution in [0.15, 0.2) is 72.3 Å². The molecule has 0 unspecified atom stereocenters. The van der Waals surface area contributed by atoms with Gasteiger partial charge >= 0.3 is 5.97 Å². The molecule has 0 spiro atoms. The Morgan fingerprint density at radius 1 is 0.828 bits per heavy atom. The molecule has 156 valence electrons. The summed E-state index contributed by atoms with van der Waals surface area (Å²) in [6.07, 6.45) is 10.7. The first-order valence-electron chi connectivity index (χ1n) is 10.5. The highest BCUT2D eigenvalue weighted by molar-refractivity contribution is 5.88. The number of rotatable bonds is 11. The van der Waals surface area contributed by atoms with Gasteiger partial charge in [0.05, 0.1) is 7.11 Å². The van der Waals surface area contributed by atoms with Crippen molar-refractivity contribution in [2.75, 3.05) is 7.11 Å². The summed E-state index contributed by atoms with van der Waals surface area (Å²) < 4.78 is 4.71. The van der Waals surface area contributed by atoms with Gasteiger partial charge in [-0.25, -0.2) is 4.79 Å². The Bertz CT molecular complexity index is 705. The van der Waals surface area contributed by atoms with Crippen LogP contribution in [0.1, 0.15) is 56.6 Å². The van der Waals surface area contributed by atoms with Crippen molar-refractivity contribution in [1.29, 1.82) is 0 Å². The fourth-order valence-corrected chi connectivity index (χ4v) is 2.99. The summed E-state index contributed by atoms with van der Waals surface area (Å²) in [7, 11) is 1.43. The van der Waals surface area contributed by atoms with E-state index < -0.39 is 0 Å². The smallest absolute Gasteiger partial charge is 0.333 e. The molecule has 0 N–H and O–H groups in total. The van der Waals surface area contributed by atoms with Gasteiger partial charge in [-0.15, -0.1) is 0 Å². The molecule has 29 heavy (non-hydrogen) atoms. The maximum Gasteiger partial charge on any atom is 0.333 e. The van der Waals surface area contributed by atoms with E-state index in [0.717, 1.165) is 56.8 Å². The van der Waals surface area contributed by atoms with Crippen LogP contribution in [0.5, 0.6) is 0 Å². The largest absolute Gasteiger partial charge is 0.466 e. The molecule has 0 aliphatic rings. The van der Waals surface area contributed by atoms with Gasteiger partial charge in [-0.2, -0.15) is 0 Å². The Morgan fingerprint density at radius 3 is 1.79 bits per heavy atom. The van der Waals surface area contributed by atoms with E-state index in [1.807, 2.05) is 25.1 Å². The molecule has 0 atom stereocenters. The summed E-state index contributed by atoms with van der Waals surface area (Å²) >= 11 is 0. The number of esters is 1. The average molecular weight is 395 g/mol. The first kappa shape index (κ1) is 24.4. The number of carbonyl (C=O) groups is 2. The number of aryl methyl sites for hydroxylation is 2. The van der Waals surface area contributed by atoms with Gasteiger partial charge in [0.25, 0.3) is 0 Å². The van der Waals surface area contributed by atoms with Crippen molar-refractivity contribution in [2.45, 2.75) is 58.3 Å². The zero-order valence-electron chi connectivity index (χ0n) is 17.8. The van der Waals surface area contributed by atoms with Crippen LogP contribution in [-0.2, 0) is 27.2 Å². The molecule has 0 heterocycles. The van der Waals surface area contributed by atoms with Gasteiger partial charge in [-0.05, 0) is 63.0 Å². The molecule has 0 bridgehead atoms. The summed E-state index contributed by atoms with van der Waals surface area (Å²) in [6, 6.07) is 20.8. The molecular formula is C26H34O3. The second-order valence-electron chi connectivity index (χ2n) is 6.90. The van der Waals surface area contributed by atoms with Crippen molar-refractivity contribution < 1.29 is 14.3 Å². The predicted octanol–water partition coefficient (Wildman–Crippen LogP) is 6.12. The predicted molar refractivity (Wildman–Crippen MR) is 120 cm³/mol. The Hall–Kier alpha value is -2.68. The molecule has 0 aromatic heterocycles. The van der Waals surface area contributed by atoms with Crippen molar-refractivity contribution in [2.24, 2.45) is 0 Å². The molecule has 2 rings (SSSR count). The van der Waals surface area contributed by atoms with Crippen LogP contribution in [0.2, 0.25) is 0 Å². The maximum absolute atomic E-state index is 11.3. The van der Waals surface area contributed by atoms with Gasteiger partial charge in [0.2, 0.25) is 0 Å². The SMILES string of the molecule is C/C=C(\CCCCc1ccccc1)C(=O)OC.O=CCCCCc1ccccc1. The summed E-state index contributed by atoms with van der Waals surface area (Å²) in [5.74, 6) is -0.202. The van der Waals surface area contributed by atoms with Gasteiger partial charge in [0.15, 0.2) is 0 Å². The van der Waals surface area contributed by atoms with Gasteiger partial charge < -0.3 is 9.53 Å². The molecule has 2 aromatic carbocycles. The summed E-state index contributed by atoms with van der Waals surface area (Å²) in [5.41, 5.74) is 3.50. The molecule has 0 saturated carbocycles. The monoisotopic (exact) mass is 394 g/mol. The summed E-state index contributed by atoms with van der Waals surface area (Å²) in [6.45, 7) is 1.88. The lowest BCUT2D eigenvalue weighted by Crippen LogP contribution is -2.04. The molecule has 0 amide bonds. The van der Waals surface area contributed by atoms with Crippen molar-refractivity contribution >= 4 is 12.3 Å². The number of allylic oxidation sites excluding steroid dienone is 1. The third kappa shape index (κ3) is 11.7. The van der Waals surface area contributed by atoms with E-state index in [1.54, 1.807) is 0 Å². The van der Waals surface area contributed by atoms with Crippen LogP contribution in [0.25, 0.3) is 0 Å². The van der Waals surface area contributed by atoms with Crippen molar-refractivity contribution in [3.05, 3.63) is 83.4 Å². The molecule has 0 saturated heterocycles. The van der Waals surface area contributed by atoms with E-state index in [9.17, 15) is 9.59 Å². The number of carbonyl (C=O) groups excluding carboxylic acids is 2. The van der Waals surface area contributed by atoms with Crippen LogP contribution in [0, 0.1) is 0 Å². The third-order valence-corrected chi connectivity index (χ3v) is 4.68. The van der Waals surface area contributed by atoms with Crippen LogP contribution >= 0.6 is 0 Å². The Morgan fingerprint density at radius 2 is 1.34 bits per heavy atom. The highest BCUT2D eigenvalue weighted by Crippen LogP contribution is 2.12. The van der Waals surface area contributed by atoms with Gasteiger partial charge in [-0.1, -0.05) is 66.7 Å². The minimum atomic E-state index is -0.202. The van der Waals surface area contributed by atoms with E-state index in [0.29, 0.717) is 6.42 Å². The minimum absolute atomic E-state index is 0.202. The second kappa shape index (κ2) is 16.3. The van der Waals surface area contributed by atoms with E-state index in [4.69, 9.17) is 4.74 Å². The fourth-order valence-electron chi connectivity index (χ4n) is 2.99. The quantitative estimate of drug-likeness (QED) is 0.200. The third-order valence-electron chi connectivity index (χ3n) is 4.68. The summed E-state index contributed by atoms with van der Waals surface area (Å²) in [4.78, 5) is 21.3. The lowest BCUT2D eigenvalue weighted by molar-refractivity contribution is -0.136. The summed E-state index contributed by atoms with van der Waals surface area (Å²) in [5, 5.41) is 0. The zero-order chi connectivity index (χ0) is 21.2. The Labute approximate surface area is 175 Å². The molecule has 0 aliphatic carbocycles. The minimum Gasteiger partial charge on any atom is -0.466 e. The number of ether oxygens (including phenoxy) is 1. The average Bonchev–Trinajstić information content (AvgIpc) is 2.78. The molecule has 0 radical (unpaired) electrons. The van der Waals surface area contributed by atoms with E-state index in [1.165, 1.54) is 18.2 Å². The van der Waals surface area contributed by atoms with E-state index in [2.05, 4.69) is 48.5 Å². The normalized spacial score (nSPS) is 10.6. The van der Waals surface area contributed by atoms with Crippen LogP contribution in [-0.4, -0.2) is 19.4 Å². The first-order chi connectivity index (χ1) is 14.2. The van der Waals surface area contributed by atoms with Gasteiger partial charge in [0.1, 0.15) is 6.29 Å². The molecular weight excluding hydrogens is 360 g/mol. The van der Waals surface area contributed by atoms with Gasteiger partial charge in [0, 0.05) is 12.0 Å². The maximum atomic E-state index is 11.3. The second-order valence-corrected chi connectivity index (χ2v) is 6.90. The van der Waals surface area contributed by atoms with Crippen molar-refractivity contribution in [3.8, 4) is 0 Å². The molecule has 0 aliphatic heterocycles. The fraction of sp³-hybridized carbons (Fsp3) is 0.385. The van der Waals surface area contributed by atoms with Crippen LogP contribution in [0.4, 0.5) is 0 Å². The highest BCUT2D eigenvalue weighted by Gasteiger charge is 2.07. The number of hydrogen-bond donors (Lipinski definition) is 0. The molecule has 0 fully saturated rings. The van der Waals surface area contributed by atoms with E-state index in [-0.39, 0.29) is 5.97 Å². The van der Waals surface area contributed by atoms with Crippen molar-refractivity contribution in [1.82, 2.24) is 0 Å². The zero-order valence-corrected chi connectivity index (χ0v) is 17.8. The van der Waals surface area contributed by atoms with E-state index >= 15 is 0 Å². The van der Waals surface area contributed by atoms with Crippen molar-refractivity contribution in [3.63, 3.8) is 0 Å². The number of methoxy groups -OCH3 is 1. The molecule has 3 nitrogen and oxygen atoms in total. The molecule has 2 aromatic rings.